The van der Waals surface area contributed by atoms with Crippen LogP contribution in [0.5, 0.6) is 0 Å². The second-order valence-electron chi connectivity index (χ2n) is 27.4. The maximum atomic E-state index is 12.9. The average molecular weight is 1190 g/mol. The summed E-state index contributed by atoms with van der Waals surface area (Å²) in [6.45, 7) is 45.6. The van der Waals surface area contributed by atoms with Crippen LogP contribution in [0.4, 0.5) is 24.9 Å². The lowest BCUT2D eigenvalue weighted by atomic mass is 9.98. The van der Waals surface area contributed by atoms with E-state index in [1.807, 2.05) is 130 Å². The molecular weight excluding hydrogens is 1090 g/mol. The zero-order valence-electron chi connectivity index (χ0n) is 55.2. The number of para-hydroxylation sites is 4. The number of H-pyrrole nitrogens is 1. The van der Waals surface area contributed by atoms with Gasteiger partial charge in [0.1, 0.15) is 22.4 Å². The van der Waals surface area contributed by atoms with E-state index in [1.165, 1.54) is 9.47 Å². The normalized spacial score (nSPS) is 12.9. The third kappa shape index (κ3) is 15.9. The van der Waals surface area contributed by atoms with Crippen molar-refractivity contribution < 1.29 is 42.9 Å². The van der Waals surface area contributed by atoms with Gasteiger partial charge < -0.3 is 23.9 Å². The minimum atomic E-state index is -0.658. The van der Waals surface area contributed by atoms with E-state index in [0.717, 1.165) is 48.0 Å². The lowest BCUT2D eigenvalue weighted by Crippen LogP contribution is -2.39. The molecule has 4 aromatic carbocycles. The monoisotopic (exact) mass is 1190 g/mol. The Morgan fingerprint density at radius 3 is 1.24 bits per heavy atom. The number of ether oxygens (including phenoxy) is 4. The molecule has 0 atom stereocenters. The first-order valence-corrected chi connectivity index (χ1v) is 29.6. The Hall–Kier alpha value is -7.96. The second kappa shape index (κ2) is 26.3. The highest BCUT2D eigenvalue weighted by Gasteiger charge is 2.38. The maximum Gasteiger partial charge on any atom is 0.423 e. The number of imidazole rings is 3. The van der Waals surface area contributed by atoms with Crippen molar-refractivity contribution in [1.29, 1.82) is 0 Å². The first-order valence-electron chi connectivity index (χ1n) is 29.6. The van der Waals surface area contributed by atoms with Crippen LogP contribution in [-0.4, -0.2) is 80.5 Å². The molecule has 7 aromatic rings. The largest absolute Gasteiger partial charge is 0.443 e. The second-order valence-corrected chi connectivity index (χ2v) is 27.4. The van der Waals surface area contributed by atoms with Crippen LogP contribution in [0.2, 0.25) is 0 Å². The number of benzene rings is 4. The minimum Gasteiger partial charge on any atom is -0.443 e. The van der Waals surface area contributed by atoms with Crippen LogP contribution >= 0.6 is 0 Å². The number of imide groups is 1. The summed E-state index contributed by atoms with van der Waals surface area (Å²) in [6.07, 6.45) is -2.24. The van der Waals surface area contributed by atoms with Gasteiger partial charge in [0, 0.05) is 12.1 Å². The Labute approximate surface area is 505 Å². The van der Waals surface area contributed by atoms with Gasteiger partial charge in [-0.05, 0) is 180 Å². The molecule has 1 aliphatic heterocycles. The van der Waals surface area contributed by atoms with Crippen molar-refractivity contribution >= 4 is 69.1 Å². The van der Waals surface area contributed by atoms with Crippen molar-refractivity contribution in [3.05, 3.63) is 132 Å². The van der Waals surface area contributed by atoms with Crippen molar-refractivity contribution in [3.63, 3.8) is 0 Å². The number of hydrogen-bond donors (Lipinski definition) is 1. The quantitative estimate of drug-likeness (QED) is 0.154. The fraction of sp³-hybridized carbons (Fsp3) is 0.522. The molecule has 0 saturated carbocycles. The number of rotatable bonds is 6. The highest BCUT2D eigenvalue weighted by atomic mass is 16.6. The summed E-state index contributed by atoms with van der Waals surface area (Å²) in [5.41, 5.74) is 5.95. The van der Waals surface area contributed by atoms with Gasteiger partial charge in [-0.15, -0.1) is 0 Å². The number of nitrogens with zero attached hydrogens (tertiary/aromatic N) is 6. The van der Waals surface area contributed by atoms with Gasteiger partial charge in [-0.3, -0.25) is 13.9 Å². The van der Waals surface area contributed by atoms with Gasteiger partial charge in [0.2, 0.25) is 5.91 Å². The standard InChI is InChI=1S/2C18H26N2O3.C16H21NO3.C15H20N2O3/c1-11(2)13-9-8-10-14-15(13)19(12(3)4)16(21)20(14)17(22)23-18(5,6)7;1-11(2)13-9-8-10-14-15(13)20(16(21)19(14)12(3)4)17(22)23-18(5,6)7;1-10(2)12-8-6-7-11-9-13(18)17(14(11)12)15(19)20-16(3,4)5;1-9(2)10-7-6-8-11-12(10)16-13(18)17(11)14(19)20-15(3,4)5/h2*8-12H,1-7H3;6-8,10H,9H2,1-5H3;6-9H,1-5H3,(H,16,18). The molecule has 468 valence electrons. The number of anilines is 1. The van der Waals surface area contributed by atoms with E-state index in [4.69, 9.17) is 18.9 Å². The van der Waals surface area contributed by atoms with Gasteiger partial charge in [-0.25, -0.2) is 38.5 Å². The van der Waals surface area contributed by atoms with Crippen LogP contribution in [0, 0.1) is 0 Å². The number of amides is 2. The van der Waals surface area contributed by atoms with Crippen molar-refractivity contribution in [1.82, 2.24) is 27.8 Å². The van der Waals surface area contributed by atoms with Crippen molar-refractivity contribution in [2.75, 3.05) is 4.90 Å². The molecule has 1 aliphatic rings. The third-order valence-corrected chi connectivity index (χ3v) is 13.4. The Kier molecular flexibility index (Phi) is 21.1. The van der Waals surface area contributed by atoms with Gasteiger partial charge in [0.15, 0.2) is 0 Å². The van der Waals surface area contributed by atoms with E-state index < -0.39 is 52.5 Å². The highest BCUT2D eigenvalue weighted by Crippen LogP contribution is 2.38. The van der Waals surface area contributed by atoms with E-state index in [9.17, 15) is 38.4 Å². The summed E-state index contributed by atoms with van der Waals surface area (Å²) in [5.74, 6) is 0.708. The number of carbonyl (C=O) groups excluding carboxylic acids is 5. The molecule has 86 heavy (non-hydrogen) atoms. The Morgan fingerprint density at radius 1 is 0.419 bits per heavy atom. The zero-order chi connectivity index (χ0) is 65.2. The van der Waals surface area contributed by atoms with E-state index in [2.05, 4.69) is 18.8 Å². The van der Waals surface area contributed by atoms with Crippen molar-refractivity contribution in [3.8, 4) is 0 Å². The van der Waals surface area contributed by atoms with Gasteiger partial charge in [-0.2, -0.15) is 13.7 Å². The molecule has 0 aliphatic carbocycles. The van der Waals surface area contributed by atoms with Crippen molar-refractivity contribution in [2.45, 2.75) is 231 Å². The highest BCUT2D eigenvalue weighted by molar-refractivity contribution is 6.17. The molecule has 0 spiro atoms. The maximum absolute atomic E-state index is 12.9. The number of nitrogens with one attached hydrogen (secondary N) is 1. The summed E-state index contributed by atoms with van der Waals surface area (Å²) in [7, 11) is 0. The summed E-state index contributed by atoms with van der Waals surface area (Å²) >= 11 is 0. The number of carbonyl (C=O) groups is 5. The molecule has 0 radical (unpaired) electrons. The zero-order valence-corrected chi connectivity index (χ0v) is 55.2. The number of aromatic nitrogens is 6. The van der Waals surface area contributed by atoms with E-state index in [-0.39, 0.29) is 59.5 Å². The fourth-order valence-electron chi connectivity index (χ4n) is 9.94. The van der Waals surface area contributed by atoms with Crippen LogP contribution in [0.1, 0.15) is 230 Å². The molecule has 0 unspecified atom stereocenters. The molecule has 8 rings (SSSR count). The first-order chi connectivity index (χ1) is 39.5. The molecule has 19 heteroatoms. The third-order valence-electron chi connectivity index (χ3n) is 13.4. The molecule has 0 saturated heterocycles. The van der Waals surface area contributed by atoms with Gasteiger partial charge in [0.25, 0.3) is 0 Å². The lowest BCUT2D eigenvalue weighted by molar-refractivity contribution is -0.117. The number of aromatic amines is 1. The summed E-state index contributed by atoms with van der Waals surface area (Å²) < 4.78 is 28.2. The molecule has 1 N–H and O–H groups in total. The Bertz CT molecular complexity index is 3820. The first kappa shape index (κ1) is 68.8. The topological polar surface area (TPSA) is 217 Å². The Balaban J connectivity index is 0.000000210. The molecule has 4 heterocycles. The summed E-state index contributed by atoms with van der Waals surface area (Å²) in [6, 6.07) is 22.7. The molecule has 0 fully saturated rings. The average Bonchev–Trinajstić information content (AvgIpc) is 1.72. The van der Waals surface area contributed by atoms with Gasteiger partial charge in [0.05, 0.1) is 45.2 Å². The van der Waals surface area contributed by atoms with Crippen LogP contribution in [-0.2, 0) is 30.2 Å². The van der Waals surface area contributed by atoms with Crippen LogP contribution < -0.4 is 22.0 Å². The SMILES string of the molecule is CC(C)c1cccc2c1N(C(=O)OC(C)(C)C)C(=O)C2.CC(C)c1cccc2c1[nH]c(=O)n2C(=O)OC(C)(C)C.CC(C)c1cccc2c1n(C(=O)OC(C)(C)C)c(=O)n2C(C)C.CC(C)c1cccc2c1n(C(C)C)c(=O)n2C(=O)OC(C)(C)C. The number of fused-ring (bicyclic) bond motifs is 4. The van der Waals surface area contributed by atoms with E-state index in [1.54, 1.807) is 104 Å². The lowest BCUT2D eigenvalue weighted by Gasteiger charge is -2.25. The van der Waals surface area contributed by atoms with Crippen LogP contribution in [0.15, 0.2) is 87.2 Å². The van der Waals surface area contributed by atoms with Crippen LogP contribution in [0.3, 0.4) is 0 Å². The molecule has 3 aromatic heterocycles. The van der Waals surface area contributed by atoms with Crippen molar-refractivity contribution in [2.24, 2.45) is 0 Å². The van der Waals surface area contributed by atoms with E-state index in [0.29, 0.717) is 27.8 Å². The fourth-order valence-corrected chi connectivity index (χ4v) is 9.94. The molecule has 0 bridgehead atoms. The molecule has 2 amide bonds. The number of hydrogen-bond acceptors (Lipinski definition) is 12. The van der Waals surface area contributed by atoms with Gasteiger partial charge in [-0.1, -0.05) is 110 Å². The summed E-state index contributed by atoms with van der Waals surface area (Å²) in [5, 5.41) is 0. The molecule has 19 nitrogen and oxygen atoms in total. The predicted octanol–water partition coefficient (Wildman–Crippen LogP) is 15.5. The minimum absolute atomic E-state index is 0.0453. The Morgan fingerprint density at radius 2 is 0.791 bits per heavy atom. The summed E-state index contributed by atoms with van der Waals surface area (Å²) in [4.78, 5) is 103. The van der Waals surface area contributed by atoms with E-state index >= 15 is 0 Å². The van der Waals surface area contributed by atoms with Crippen LogP contribution in [0.25, 0.3) is 33.1 Å². The predicted molar refractivity (Wildman–Crippen MR) is 341 cm³/mol. The molecular formula is C67H93N7O12. The smallest absolute Gasteiger partial charge is 0.423 e. The van der Waals surface area contributed by atoms with Gasteiger partial charge >= 0.3 is 41.4 Å².